The molecule has 2 aromatic carbocycles. The third-order valence-corrected chi connectivity index (χ3v) is 3.42. The van der Waals surface area contributed by atoms with E-state index in [0.717, 1.165) is 5.69 Å². The summed E-state index contributed by atoms with van der Waals surface area (Å²) in [7, 11) is 1.50. The quantitative estimate of drug-likeness (QED) is 0.407. The molecule has 0 aliphatic heterocycles. The third-order valence-electron chi connectivity index (χ3n) is 3.42. The van der Waals surface area contributed by atoms with Gasteiger partial charge in [-0.3, -0.25) is 0 Å². The first-order valence-corrected chi connectivity index (χ1v) is 7.48. The highest BCUT2D eigenvalue weighted by Gasteiger charge is 2.03. The van der Waals surface area contributed by atoms with Crippen LogP contribution in [0.4, 0.5) is 10.1 Å². The lowest BCUT2D eigenvalue weighted by Crippen LogP contribution is -2.22. The summed E-state index contributed by atoms with van der Waals surface area (Å²) in [6.45, 7) is 4.54. The Bertz CT molecular complexity index is 704. The van der Waals surface area contributed by atoms with E-state index in [-0.39, 0.29) is 42.3 Å². The highest BCUT2D eigenvalue weighted by atomic mass is 127. The van der Waals surface area contributed by atoms with Gasteiger partial charge in [-0.15, -0.1) is 24.0 Å². The summed E-state index contributed by atoms with van der Waals surface area (Å²) in [5, 5.41) is 3.05. The van der Waals surface area contributed by atoms with Crippen molar-refractivity contribution in [3.05, 3.63) is 59.4 Å². The van der Waals surface area contributed by atoms with Gasteiger partial charge < -0.3 is 15.8 Å². The SMILES string of the molecule is COc1cc(F)cc(CN=C(N)Nc2cccc(C(C)C)c2)c1.I. The average molecular weight is 443 g/mol. The van der Waals surface area contributed by atoms with Crippen molar-refractivity contribution in [3.63, 3.8) is 0 Å². The van der Waals surface area contributed by atoms with Crippen molar-refractivity contribution in [2.24, 2.45) is 10.7 Å². The predicted molar refractivity (Wildman–Crippen MR) is 108 cm³/mol. The fourth-order valence-electron chi connectivity index (χ4n) is 2.17. The van der Waals surface area contributed by atoms with Gasteiger partial charge in [0.15, 0.2) is 5.96 Å². The molecule has 0 unspecified atom stereocenters. The molecule has 0 aromatic heterocycles. The van der Waals surface area contributed by atoms with Gasteiger partial charge >= 0.3 is 0 Å². The highest BCUT2D eigenvalue weighted by molar-refractivity contribution is 14.0. The molecule has 0 aliphatic carbocycles. The Labute approximate surface area is 159 Å². The van der Waals surface area contributed by atoms with Crippen LogP contribution in [0.5, 0.6) is 5.75 Å². The van der Waals surface area contributed by atoms with Crippen molar-refractivity contribution in [3.8, 4) is 5.75 Å². The van der Waals surface area contributed by atoms with Crippen LogP contribution in [-0.2, 0) is 6.54 Å². The Morgan fingerprint density at radius 1 is 1.25 bits per heavy atom. The number of nitrogens with one attached hydrogen (secondary N) is 1. The van der Waals surface area contributed by atoms with Gasteiger partial charge in [-0.1, -0.05) is 26.0 Å². The second kappa shape index (κ2) is 9.46. The minimum absolute atomic E-state index is 0. The summed E-state index contributed by atoms with van der Waals surface area (Å²) in [6.07, 6.45) is 0. The summed E-state index contributed by atoms with van der Waals surface area (Å²) in [5.41, 5.74) is 8.70. The minimum Gasteiger partial charge on any atom is -0.497 e. The van der Waals surface area contributed by atoms with Gasteiger partial charge in [-0.25, -0.2) is 9.38 Å². The van der Waals surface area contributed by atoms with Crippen LogP contribution in [0.2, 0.25) is 0 Å². The Morgan fingerprint density at radius 3 is 2.67 bits per heavy atom. The molecular weight excluding hydrogens is 420 g/mol. The number of nitrogens with zero attached hydrogens (tertiary/aromatic N) is 1. The number of hydrogen-bond donors (Lipinski definition) is 2. The summed E-state index contributed by atoms with van der Waals surface area (Å²) >= 11 is 0. The largest absolute Gasteiger partial charge is 0.497 e. The topological polar surface area (TPSA) is 59.6 Å². The molecule has 24 heavy (non-hydrogen) atoms. The van der Waals surface area contributed by atoms with Crippen LogP contribution >= 0.6 is 24.0 Å². The van der Waals surface area contributed by atoms with Crippen LogP contribution in [0.1, 0.15) is 30.9 Å². The van der Waals surface area contributed by atoms with Crippen LogP contribution in [0, 0.1) is 5.82 Å². The molecule has 0 saturated heterocycles. The highest BCUT2D eigenvalue weighted by Crippen LogP contribution is 2.19. The van der Waals surface area contributed by atoms with Crippen molar-refractivity contribution >= 4 is 35.6 Å². The van der Waals surface area contributed by atoms with E-state index in [1.165, 1.54) is 24.8 Å². The van der Waals surface area contributed by atoms with Crippen molar-refractivity contribution in [2.45, 2.75) is 26.3 Å². The van der Waals surface area contributed by atoms with Crippen molar-refractivity contribution in [1.29, 1.82) is 0 Å². The van der Waals surface area contributed by atoms with Crippen molar-refractivity contribution < 1.29 is 9.13 Å². The minimum atomic E-state index is -0.356. The molecule has 2 rings (SSSR count). The summed E-state index contributed by atoms with van der Waals surface area (Å²) in [5.74, 6) is 0.834. The van der Waals surface area contributed by atoms with Crippen LogP contribution < -0.4 is 15.8 Å². The Morgan fingerprint density at radius 2 is 2.00 bits per heavy atom. The zero-order chi connectivity index (χ0) is 16.8. The summed E-state index contributed by atoms with van der Waals surface area (Å²) < 4.78 is 18.5. The zero-order valence-corrected chi connectivity index (χ0v) is 16.4. The molecule has 0 saturated carbocycles. The molecular formula is C18H23FIN3O. The van der Waals surface area contributed by atoms with Gasteiger partial charge in [0.05, 0.1) is 13.7 Å². The lowest BCUT2D eigenvalue weighted by atomic mass is 10.0. The van der Waals surface area contributed by atoms with E-state index < -0.39 is 0 Å². The third kappa shape index (κ3) is 5.99. The lowest BCUT2D eigenvalue weighted by molar-refractivity contribution is 0.410. The van der Waals surface area contributed by atoms with Crippen LogP contribution in [0.15, 0.2) is 47.5 Å². The number of rotatable bonds is 5. The Hall–Kier alpha value is -1.83. The van der Waals surface area contributed by atoms with E-state index in [0.29, 0.717) is 17.2 Å². The number of benzene rings is 2. The molecule has 0 bridgehead atoms. The van der Waals surface area contributed by atoms with E-state index in [2.05, 4.69) is 30.2 Å². The number of anilines is 1. The predicted octanol–water partition coefficient (Wildman–Crippen LogP) is 4.50. The van der Waals surface area contributed by atoms with Crippen LogP contribution in [0.25, 0.3) is 0 Å². The van der Waals surface area contributed by atoms with Crippen LogP contribution in [-0.4, -0.2) is 13.1 Å². The molecule has 0 radical (unpaired) electrons. The molecule has 3 N–H and O–H groups in total. The molecule has 0 atom stereocenters. The molecule has 2 aromatic rings. The standard InChI is InChI=1S/C18H22FN3O.HI/c1-12(2)14-5-4-6-16(9-14)22-18(20)21-11-13-7-15(19)10-17(8-13)23-3;/h4-10,12H,11H2,1-3H3,(H3,20,21,22);1H. The van der Waals surface area contributed by atoms with Gasteiger partial charge in [0.2, 0.25) is 0 Å². The van der Waals surface area contributed by atoms with Gasteiger partial charge in [-0.2, -0.15) is 0 Å². The van der Waals surface area contributed by atoms with Gasteiger partial charge in [-0.05, 0) is 41.3 Å². The number of ether oxygens (including phenoxy) is 1. The maximum atomic E-state index is 13.4. The van der Waals surface area contributed by atoms with Crippen molar-refractivity contribution in [2.75, 3.05) is 12.4 Å². The maximum absolute atomic E-state index is 13.4. The Balaban J connectivity index is 0.00000288. The number of aliphatic imine (C=N–C) groups is 1. The number of halogens is 2. The maximum Gasteiger partial charge on any atom is 0.193 e. The van der Waals surface area contributed by atoms with Crippen molar-refractivity contribution in [1.82, 2.24) is 0 Å². The first-order valence-electron chi connectivity index (χ1n) is 7.48. The summed E-state index contributed by atoms with van der Waals surface area (Å²) in [6, 6.07) is 12.5. The monoisotopic (exact) mass is 443 g/mol. The van der Waals surface area contributed by atoms with E-state index >= 15 is 0 Å². The summed E-state index contributed by atoms with van der Waals surface area (Å²) in [4.78, 5) is 4.24. The number of methoxy groups -OCH3 is 1. The van der Waals surface area contributed by atoms with E-state index in [9.17, 15) is 4.39 Å². The smallest absolute Gasteiger partial charge is 0.193 e. The number of hydrogen-bond acceptors (Lipinski definition) is 2. The zero-order valence-electron chi connectivity index (χ0n) is 14.0. The molecule has 0 heterocycles. The van der Waals surface area contributed by atoms with Crippen LogP contribution in [0.3, 0.4) is 0 Å². The second-order valence-electron chi connectivity index (χ2n) is 5.61. The molecule has 0 fully saturated rings. The normalized spacial score (nSPS) is 11.1. The lowest BCUT2D eigenvalue weighted by Gasteiger charge is -2.10. The molecule has 0 spiro atoms. The molecule has 4 nitrogen and oxygen atoms in total. The fourth-order valence-corrected chi connectivity index (χ4v) is 2.17. The van der Waals surface area contributed by atoms with Gasteiger partial charge in [0, 0.05) is 11.8 Å². The number of nitrogens with two attached hydrogens (primary N) is 1. The molecule has 0 aliphatic rings. The second-order valence-corrected chi connectivity index (χ2v) is 5.61. The molecule has 130 valence electrons. The first-order chi connectivity index (χ1) is 11.0. The average Bonchev–Trinajstić information content (AvgIpc) is 2.52. The Kier molecular flexibility index (Phi) is 7.97. The fraction of sp³-hybridized carbons (Fsp3) is 0.278. The van der Waals surface area contributed by atoms with E-state index in [1.54, 1.807) is 6.07 Å². The molecule has 0 amide bonds. The van der Waals surface area contributed by atoms with E-state index in [1.807, 2.05) is 18.2 Å². The van der Waals surface area contributed by atoms with E-state index in [4.69, 9.17) is 10.5 Å². The van der Waals surface area contributed by atoms with Gasteiger partial charge in [0.1, 0.15) is 11.6 Å². The molecule has 6 heteroatoms. The van der Waals surface area contributed by atoms with Gasteiger partial charge in [0.25, 0.3) is 0 Å². The first kappa shape index (κ1) is 20.2. The number of guanidine groups is 1.